The van der Waals surface area contributed by atoms with Crippen LogP contribution >= 0.6 is 23.2 Å². The maximum atomic E-state index is 12.9. The van der Waals surface area contributed by atoms with Crippen LogP contribution in [0.2, 0.25) is 5.02 Å². The highest BCUT2D eigenvalue weighted by molar-refractivity contribution is 6.64. The molecule has 0 aromatic heterocycles. The van der Waals surface area contributed by atoms with Gasteiger partial charge in [-0.05, 0) is 35.9 Å². The minimum absolute atomic E-state index is 0.307. The first-order valence-corrected chi connectivity index (χ1v) is 6.82. The minimum Gasteiger partial charge on any atom is -0.476 e. The molecule has 1 atom stereocenters. The number of benzene rings is 2. The van der Waals surface area contributed by atoms with E-state index in [1.807, 2.05) is 0 Å². The van der Waals surface area contributed by atoms with E-state index in [-0.39, 0.29) is 0 Å². The Bertz CT molecular complexity index is 669. The maximum Gasteiger partial charge on any atom is 0.419 e. The third-order valence-corrected chi connectivity index (χ3v) is 3.27. The van der Waals surface area contributed by atoms with Gasteiger partial charge >= 0.3 is 6.18 Å². The van der Waals surface area contributed by atoms with Gasteiger partial charge in [0.2, 0.25) is 0 Å². The maximum absolute atomic E-state index is 12.9. The fourth-order valence-corrected chi connectivity index (χ4v) is 2.11. The van der Waals surface area contributed by atoms with Gasteiger partial charge in [0.15, 0.2) is 6.10 Å². The van der Waals surface area contributed by atoms with Crippen LogP contribution in [0.4, 0.5) is 13.2 Å². The molecule has 0 heterocycles. The Labute approximate surface area is 134 Å². The highest BCUT2D eigenvalue weighted by Crippen LogP contribution is 2.38. The minimum atomic E-state index is -4.60. The summed E-state index contributed by atoms with van der Waals surface area (Å²) < 4.78 is 44.0. The Hall–Kier alpha value is -1.72. The molecule has 0 aliphatic heterocycles. The van der Waals surface area contributed by atoms with E-state index in [2.05, 4.69) is 0 Å². The molecule has 0 bridgehead atoms. The van der Waals surface area contributed by atoms with Crippen molar-refractivity contribution in [3.8, 4) is 5.75 Å². The highest BCUT2D eigenvalue weighted by atomic mass is 35.5. The predicted octanol–water partition coefficient (Wildman–Crippen LogP) is 5.24. The predicted molar refractivity (Wildman–Crippen MR) is 77.1 cm³/mol. The standard InChI is InChI=1S/C15H9Cl2F3O2/c16-10-7-5-9(6-8-10)13(14(17)21)22-12-4-2-1-3-11(12)15(18,19)20/h1-8,13H. The van der Waals surface area contributed by atoms with Crippen LogP contribution in [0.25, 0.3) is 0 Å². The van der Waals surface area contributed by atoms with Crippen molar-refractivity contribution in [3.63, 3.8) is 0 Å². The normalized spacial score (nSPS) is 12.8. The van der Waals surface area contributed by atoms with Crippen molar-refractivity contribution < 1.29 is 22.7 Å². The number of ether oxygens (including phenoxy) is 1. The first-order chi connectivity index (χ1) is 10.3. The molecule has 116 valence electrons. The van der Waals surface area contributed by atoms with E-state index in [9.17, 15) is 18.0 Å². The number of alkyl halides is 3. The first-order valence-electron chi connectivity index (χ1n) is 6.06. The second-order valence-electron chi connectivity index (χ2n) is 4.35. The molecule has 0 aliphatic rings. The Balaban J connectivity index is 2.38. The molecule has 0 N–H and O–H groups in total. The monoisotopic (exact) mass is 348 g/mol. The van der Waals surface area contributed by atoms with Gasteiger partial charge in [-0.2, -0.15) is 13.2 Å². The van der Waals surface area contributed by atoms with E-state index in [4.69, 9.17) is 27.9 Å². The lowest BCUT2D eigenvalue weighted by atomic mass is 10.1. The zero-order chi connectivity index (χ0) is 16.3. The summed E-state index contributed by atoms with van der Waals surface area (Å²) in [6.45, 7) is 0. The molecule has 2 nitrogen and oxygen atoms in total. The molecule has 1 unspecified atom stereocenters. The van der Waals surface area contributed by atoms with Crippen molar-refractivity contribution in [2.24, 2.45) is 0 Å². The molecular formula is C15H9Cl2F3O2. The zero-order valence-electron chi connectivity index (χ0n) is 10.9. The van der Waals surface area contributed by atoms with Gasteiger partial charge in [0.05, 0.1) is 5.56 Å². The number of carbonyl (C=O) groups excluding carboxylic acids is 1. The van der Waals surface area contributed by atoms with Crippen molar-refractivity contribution in [3.05, 3.63) is 64.7 Å². The van der Waals surface area contributed by atoms with Crippen LogP contribution in [0.1, 0.15) is 17.2 Å². The molecule has 0 spiro atoms. The molecular weight excluding hydrogens is 340 g/mol. The second-order valence-corrected chi connectivity index (χ2v) is 5.16. The van der Waals surface area contributed by atoms with Gasteiger partial charge in [-0.1, -0.05) is 35.9 Å². The summed E-state index contributed by atoms with van der Waals surface area (Å²) >= 11 is 11.2. The molecule has 2 rings (SSSR count). The Morgan fingerprint density at radius 1 is 1.05 bits per heavy atom. The lowest BCUT2D eigenvalue weighted by molar-refractivity contribution is -0.140. The molecule has 0 amide bonds. The lowest BCUT2D eigenvalue weighted by Crippen LogP contribution is -2.17. The number of rotatable bonds is 4. The van der Waals surface area contributed by atoms with Crippen molar-refractivity contribution in [1.29, 1.82) is 0 Å². The Kier molecular flexibility index (Phi) is 4.98. The van der Waals surface area contributed by atoms with Crippen LogP contribution in [0.5, 0.6) is 5.75 Å². The van der Waals surface area contributed by atoms with Crippen LogP contribution in [0, 0.1) is 0 Å². The summed E-state index contributed by atoms with van der Waals surface area (Å²) in [5.74, 6) is -0.469. The number of para-hydroxylation sites is 1. The number of carbonyl (C=O) groups is 1. The van der Waals surface area contributed by atoms with Crippen LogP contribution in [0.15, 0.2) is 48.5 Å². The molecule has 0 fully saturated rings. The summed E-state index contributed by atoms with van der Waals surface area (Å²) in [4.78, 5) is 11.5. The van der Waals surface area contributed by atoms with Crippen LogP contribution in [-0.4, -0.2) is 5.24 Å². The summed E-state index contributed by atoms with van der Waals surface area (Å²) in [6.07, 6.45) is -5.96. The molecule has 2 aromatic carbocycles. The average molecular weight is 349 g/mol. The summed E-state index contributed by atoms with van der Waals surface area (Å²) in [6, 6.07) is 10.5. The van der Waals surface area contributed by atoms with E-state index < -0.39 is 28.8 Å². The van der Waals surface area contributed by atoms with Gasteiger partial charge in [0.25, 0.3) is 5.24 Å². The van der Waals surface area contributed by atoms with Gasteiger partial charge in [-0.25, -0.2) is 0 Å². The van der Waals surface area contributed by atoms with Crippen LogP contribution in [-0.2, 0) is 11.0 Å². The third kappa shape index (κ3) is 3.93. The quantitative estimate of drug-likeness (QED) is 0.706. The van der Waals surface area contributed by atoms with Crippen molar-refractivity contribution in [2.75, 3.05) is 0 Å². The lowest BCUT2D eigenvalue weighted by Gasteiger charge is -2.19. The van der Waals surface area contributed by atoms with Crippen LogP contribution in [0.3, 0.4) is 0 Å². The van der Waals surface area contributed by atoms with Crippen molar-refractivity contribution in [2.45, 2.75) is 12.3 Å². The molecule has 0 saturated heterocycles. The largest absolute Gasteiger partial charge is 0.476 e. The Morgan fingerprint density at radius 2 is 1.64 bits per heavy atom. The smallest absolute Gasteiger partial charge is 0.419 e. The van der Waals surface area contributed by atoms with Gasteiger partial charge in [-0.15, -0.1) is 0 Å². The summed E-state index contributed by atoms with van der Waals surface area (Å²) in [5, 5.41) is -0.514. The van der Waals surface area contributed by atoms with E-state index in [0.717, 1.165) is 12.1 Å². The SMILES string of the molecule is O=C(Cl)C(Oc1ccccc1C(F)(F)F)c1ccc(Cl)cc1. The Morgan fingerprint density at radius 3 is 2.18 bits per heavy atom. The van der Waals surface area contributed by atoms with Crippen LogP contribution < -0.4 is 4.74 Å². The van der Waals surface area contributed by atoms with E-state index in [0.29, 0.717) is 10.6 Å². The number of hydrogen-bond donors (Lipinski definition) is 0. The topological polar surface area (TPSA) is 26.3 Å². The average Bonchev–Trinajstić information content (AvgIpc) is 2.45. The van der Waals surface area contributed by atoms with Gasteiger partial charge in [-0.3, -0.25) is 4.79 Å². The van der Waals surface area contributed by atoms with Gasteiger partial charge < -0.3 is 4.74 Å². The molecule has 7 heteroatoms. The molecule has 2 aromatic rings. The van der Waals surface area contributed by atoms with E-state index >= 15 is 0 Å². The molecule has 0 saturated carbocycles. The van der Waals surface area contributed by atoms with Crippen molar-refractivity contribution >= 4 is 28.4 Å². The molecule has 0 radical (unpaired) electrons. The highest BCUT2D eigenvalue weighted by Gasteiger charge is 2.35. The van der Waals surface area contributed by atoms with E-state index in [1.165, 1.54) is 36.4 Å². The molecule has 22 heavy (non-hydrogen) atoms. The molecule has 0 aliphatic carbocycles. The number of halogens is 5. The van der Waals surface area contributed by atoms with Crippen molar-refractivity contribution in [1.82, 2.24) is 0 Å². The van der Waals surface area contributed by atoms with E-state index in [1.54, 1.807) is 0 Å². The third-order valence-electron chi connectivity index (χ3n) is 2.82. The number of hydrogen-bond acceptors (Lipinski definition) is 2. The summed E-state index contributed by atoms with van der Waals surface area (Å²) in [5.41, 5.74) is -0.673. The second kappa shape index (κ2) is 6.58. The summed E-state index contributed by atoms with van der Waals surface area (Å²) in [7, 11) is 0. The van der Waals surface area contributed by atoms with Gasteiger partial charge in [0, 0.05) is 10.6 Å². The van der Waals surface area contributed by atoms with Gasteiger partial charge in [0.1, 0.15) is 5.75 Å². The fraction of sp³-hybridized carbons (Fsp3) is 0.133. The first kappa shape index (κ1) is 16.6. The zero-order valence-corrected chi connectivity index (χ0v) is 12.4. The fourth-order valence-electron chi connectivity index (χ4n) is 1.81.